The van der Waals surface area contributed by atoms with E-state index in [0.717, 1.165) is 22.0 Å². The van der Waals surface area contributed by atoms with Crippen LogP contribution in [0.1, 0.15) is 18.4 Å². The Labute approximate surface area is 168 Å². The van der Waals surface area contributed by atoms with E-state index in [2.05, 4.69) is 5.32 Å². The quantitative estimate of drug-likeness (QED) is 0.365. The molecule has 2 rings (SSSR count). The normalized spacial score (nSPS) is 10.3. The molecule has 0 aliphatic rings. The molecular weight excluding hydrogens is 386 g/mol. The van der Waals surface area contributed by atoms with Gasteiger partial charge in [0, 0.05) is 22.9 Å². The van der Waals surface area contributed by atoms with Gasteiger partial charge < -0.3 is 14.8 Å². The highest BCUT2D eigenvalue weighted by atomic mass is 35.5. The second-order valence-corrected chi connectivity index (χ2v) is 7.30. The average Bonchev–Trinajstić information content (AvgIpc) is 2.69. The summed E-state index contributed by atoms with van der Waals surface area (Å²) in [4.78, 5) is 24.6. The topological polar surface area (TPSA) is 64.6 Å². The predicted molar refractivity (Wildman–Crippen MR) is 107 cm³/mol. The SMILES string of the molecule is COc1cccc(CNC(=O)COC(=O)CCCSc2ccc(Cl)cc2)c1. The highest BCUT2D eigenvalue weighted by Gasteiger charge is 2.08. The van der Waals surface area contributed by atoms with Crippen molar-refractivity contribution in [2.45, 2.75) is 24.3 Å². The summed E-state index contributed by atoms with van der Waals surface area (Å²) in [6.45, 7) is 0.0818. The van der Waals surface area contributed by atoms with Crippen molar-refractivity contribution in [3.63, 3.8) is 0 Å². The zero-order valence-electron chi connectivity index (χ0n) is 15.1. The van der Waals surface area contributed by atoms with Crippen LogP contribution in [-0.4, -0.2) is 31.3 Å². The number of rotatable bonds is 10. The van der Waals surface area contributed by atoms with Crippen LogP contribution in [0.2, 0.25) is 5.02 Å². The van der Waals surface area contributed by atoms with Gasteiger partial charge in [0.1, 0.15) is 5.75 Å². The van der Waals surface area contributed by atoms with E-state index < -0.39 is 0 Å². The van der Waals surface area contributed by atoms with Crippen LogP contribution >= 0.6 is 23.4 Å². The van der Waals surface area contributed by atoms with Gasteiger partial charge in [-0.25, -0.2) is 0 Å². The lowest BCUT2D eigenvalue weighted by atomic mass is 10.2. The number of ether oxygens (including phenoxy) is 2. The smallest absolute Gasteiger partial charge is 0.306 e. The Balaban J connectivity index is 1.57. The summed E-state index contributed by atoms with van der Waals surface area (Å²) >= 11 is 7.49. The highest BCUT2D eigenvalue weighted by Crippen LogP contribution is 2.21. The first kappa shape index (κ1) is 21.1. The first-order valence-electron chi connectivity index (χ1n) is 8.50. The largest absolute Gasteiger partial charge is 0.497 e. The van der Waals surface area contributed by atoms with Crippen LogP contribution in [0.3, 0.4) is 0 Å². The zero-order valence-corrected chi connectivity index (χ0v) is 16.6. The van der Waals surface area contributed by atoms with E-state index in [0.29, 0.717) is 18.0 Å². The average molecular weight is 408 g/mol. The Morgan fingerprint density at radius 1 is 1.15 bits per heavy atom. The molecule has 5 nitrogen and oxygen atoms in total. The number of esters is 1. The molecule has 0 unspecified atom stereocenters. The van der Waals surface area contributed by atoms with Gasteiger partial charge in [0.2, 0.25) is 0 Å². The van der Waals surface area contributed by atoms with E-state index in [-0.39, 0.29) is 24.9 Å². The second kappa shape index (κ2) is 11.5. The molecule has 7 heteroatoms. The molecule has 0 aromatic heterocycles. The van der Waals surface area contributed by atoms with Crippen molar-refractivity contribution >= 4 is 35.2 Å². The number of benzene rings is 2. The number of methoxy groups -OCH3 is 1. The van der Waals surface area contributed by atoms with E-state index in [4.69, 9.17) is 21.1 Å². The number of amides is 1. The third-order valence-electron chi connectivity index (χ3n) is 3.60. The van der Waals surface area contributed by atoms with E-state index >= 15 is 0 Å². The second-order valence-electron chi connectivity index (χ2n) is 5.69. The molecule has 2 aromatic rings. The van der Waals surface area contributed by atoms with Gasteiger partial charge in [-0.3, -0.25) is 9.59 Å². The molecule has 0 radical (unpaired) electrons. The van der Waals surface area contributed by atoms with Crippen molar-refractivity contribution < 1.29 is 19.1 Å². The summed E-state index contributed by atoms with van der Waals surface area (Å²) in [5.74, 6) is 0.813. The van der Waals surface area contributed by atoms with Crippen LogP contribution in [-0.2, 0) is 20.9 Å². The molecule has 0 bridgehead atoms. The van der Waals surface area contributed by atoms with Crippen LogP contribution in [0.15, 0.2) is 53.4 Å². The van der Waals surface area contributed by atoms with Crippen molar-refractivity contribution in [2.75, 3.05) is 19.5 Å². The lowest BCUT2D eigenvalue weighted by molar-refractivity contribution is -0.148. The fourth-order valence-corrected chi connectivity index (χ4v) is 3.17. The van der Waals surface area contributed by atoms with Gasteiger partial charge in [0.15, 0.2) is 6.61 Å². The first-order chi connectivity index (χ1) is 13.1. The maximum absolute atomic E-state index is 11.8. The van der Waals surface area contributed by atoms with Gasteiger partial charge in [-0.2, -0.15) is 0 Å². The summed E-state index contributed by atoms with van der Waals surface area (Å²) in [6, 6.07) is 15.0. The van der Waals surface area contributed by atoms with Gasteiger partial charge in [-0.1, -0.05) is 23.7 Å². The van der Waals surface area contributed by atoms with E-state index in [9.17, 15) is 9.59 Å². The molecule has 0 heterocycles. The molecule has 27 heavy (non-hydrogen) atoms. The molecule has 0 atom stereocenters. The summed E-state index contributed by atoms with van der Waals surface area (Å²) in [5.41, 5.74) is 0.910. The molecule has 0 aliphatic heterocycles. The van der Waals surface area contributed by atoms with Crippen LogP contribution < -0.4 is 10.1 Å². The van der Waals surface area contributed by atoms with Gasteiger partial charge in [0.05, 0.1) is 7.11 Å². The van der Waals surface area contributed by atoms with Crippen LogP contribution in [0.4, 0.5) is 0 Å². The van der Waals surface area contributed by atoms with E-state index in [1.165, 1.54) is 0 Å². The van der Waals surface area contributed by atoms with E-state index in [1.807, 2.05) is 48.5 Å². The number of thioether (sulfide) groups is 1. The maximum Gasteiger partial charge on any atom is 0.306 e. The molecular formula is C20H22ClNO4S. The summed E-state index contributed by atoms with van der Waals surface area (Å²) in [6.07, 6.45) is 0.960. The van der Waals surface area contributed by atoms with Gasteiger partial charge in [0.25, 0.3) is 5.91 Å². The molecule has 1 amide bonds. The molecule has 0 spiro atoms. The lowest BCUT2D eigenvalue weighted by Crippen LogP contribution is -2.28. The van der Waals surface area contributed by atoms with E-state index in [1.54, 1.807) is 18.9 Å². The Kier molecular flexibility index (Phi) is 9.01. The molecule has 0 saturated carbocycles. The standard InChI is InChI=1S/C20H22ClNO4S/c1-25-17-5-2-4-15(12-17)13-22-19(23)14-26-20(24)6-3-11-27-18-9-7-16(21)8-10-18/h2,4-5,7-10,12H,3,6,11,13-14H2,1H3,(H,22,23). The number of carbonyl (C=O) groups is 2. The molecule has 1 N–H and O–H groups in total. The number of hydrogen-bond acceptors (Lipinski definition) is 5. The molecule has 0 aliphatic carbocycles. The van der Waals surface area contributed by atoms with Crippen molar-refractivity contribution in [3.8, 4) is 5.75 Å². The number of halogens is 1. The van der Waals surface area contributed by atoms with Crippen LogP contribution in [0.5, 0.6) is 5.75 Å². The van der Waals surface area contributed by atoms with Gasteiger partial charge in [-0.05, 0) is 54.1 Å². The number of carbonyl (C=O) groups excluding carboxylic acids is 2. The Hall–Kier alpha value is -2.18. The lowest BCUT2D eigenvalue weighted by Gasteiger charge is -2.08. The van der Waals surface area contributed by atoms with Crippen molar-refractivity contribution in [1.82, 2.24) is 5.32 Å². The highest BCUT2D eigenvalue weighted by molar-refractivity contribution is 7.99. The third kappa shape index (κ3) is 8.37. The number of nitrogens with one attached hydrogen (secondary N) is 1. The fourth-order valence-electron chi connectivity index (χ4n) is 2.19. The first-order valence-corrected chi connectivity index (χ1v) is 9.87. The Morgan fingerprint density at radius 2 is 1.93 bits per heavy atom. The summed E-state index contributed by atoms with van der Waals surface area (Å²) < 4.78 is 10.1. The molecule has 0 saturated heterocycles. The van der Waals surface area contributed by atoms with Crippen LogP contribution in [0.25, 0.3) is 0 Å². The monoisotopic (exact) mass is 407 g/mol. The molecule has 144 valence electrons. The zero-order chi connectivity index (χ0) is 19.5. The van der Waals surface area contributed by atoms with Crippen molar-refractivity contribution in [3.05, 3.63) is 59.1 Å². The summed E-state index contributed by atoms with van der Waals surface area (Å²) in [7, 11) is 1.59. The minimum absolute atomic E-state index is 0.271. The molecule has 0 fully saturated rings. The Morgan fingerprint density at radius 3 is 2.67 bits per heavy atom. The third-order valence-corrected chi connectivity index (χ3v) is 4.95. The van der Waals surface area contributed by atoms with Crippen molar-refractivity contribution in [1.29, 1.82) is 0 Å². The van der Waals surface area contributed by atoms with Gasteiger partial charge in [-0.15, -0.1) is 11.8 Å². The summed E-state index contributed by atoms with van der Waals surface area (Å²) in [5, 5.41) is 3.41. The predicted octanol–water partition coefficient (Wildman–Crippen LogP) is 4.08. The minimum atomic E-state index is -0.372. The Bertz CT molecular complexity index is 752. The van der Waals surface area contributed by atoms with Crippen molar-refractivity contribution in [2.24, 2.45) is 0 Å². The molecule has 2 aromatic carbocycles. The van der Waals surface area contributed by atoms with Crippen LogP contribution in [0, 0.1) is 0 Å². The van der Waals surface area contributed by atoms with Gasteiger partial charge >= 0.3 is 5.97 Å². The minimum Gasteiger partial charge on any atom is -0.497 e. The maximum atomic E-state index is 11.8. The fraction of sp³-hybridized carbons (Fsp3) is 0.300. The number of hydrogen-bond donors (Lipinski definition) is 1.